The molecule has 0 saturated carbocycles. The second kappa shape index (κ2) is 10.6. The van der Waals surface area contributed by atoms with E-state index in [0.717, 1.165) is 63.8 Å². The van der Waals surface area contributed by atoms with Crippen molar-refractivity contribution in [2.24, 2.45) is 7.05 Å². The zero-order valence-corrected chi connectivity index (χ0v) is 16.9. The second-order valence-corrected chi connectivity index (χ2v) is 7.03. The van der Waals surface area contributed by atoms with Crippen molar-refractivity contribution in [3.8, 4) is 0 Å². The summed E-state index contributed by atoms with van der Waals surface area (Å²) in [6.45, 7) is 10.3. The number of aryl methyl sites for hydroxylation is 1. The molecule has 0 aliphatic carbocycles. The molecule has 2 heterocycles. The molecule has 3 rings (SSSR count). The molecule has 1 aromatic heterocycles. The number of rotatable bonds is 7. The highest BCUT2D eigenvalue weighted by Crippen LogP contribution is 2.29. The number of ether oxygens (including phenoxy) is 2. The number of benzene rings is 1. The quantitative estimate of drug-likeness (QED) is 0.594. The third kappa shape index (κ3) is 5.39. The van der Waals surface area contributed by atoms with E-state index in [4.69, 9.17) is 14.6 Å². The number of carbonyl (C=O) groups is 1. The fourth-order valence-corrected chi connectivity index (χ4v) is 3.47. The summed E-state index contributed by atoms with van der Waals surface area (Å²) in [5.41, 5.74) is 4.29. The number of aldehydes is 1. The first kappa shape index (κ1) is 21.6. The van der Waals surface area contributed by atoms with E-state index in [-0.39, 0.29) is 0 Å². The zero-order chi connectivity index (χ0) is 19.8. The average molecular weight is 376 g/mol. The second-order valence-electron chi connectivity index (χ2n) is 7.03. The summed E-state index contributed by atoms with van der Waals surface area (Å²) in [6.07, 6.45) is 0.919. The van der Waals surface area contributed by atoms with E-state index in [1.807, 2.05) is 17.7 Å². The smallest absolute Gasteiger partial charge is 0.166 e. The van der Waals surface area contributed by atoms with Crippen molar-refractivity contribution in [1.82, 2.24) is 9.47 Å². The van der Waals surface area contributed by atoms with Gasteiger partial charge in [-0.2, -0.15) is 0 Å². The van der Waals surface area contributed by atoms with Gasteiger partial charge in [-0.25, -0.2) is 0 Å². The van der Waals surface area contributed by atoms with Gasteiger partial charge in [-0.05, 0) is 29.2 Å². The molecule has 0 amide bonds. The number of aromatic nitrogens is 1. The van der Waals surface area contributed by atoms with Crippen LogP contribution in [0.25, 0.3) is 10.9 Å². The van der Waals surface area contributed by atoms with Crippen LogP contribution in [0, 0.1) is 0 Å². The zero-order valence-electron chi connectivity index (χ0n) is 16.9. The van der Waals surface area contributed by atoms with Crippen LogP contribution in [-0.4, -0.2) is 67.4 Å². The first-order chi connectivity index (χ1) is 13.1. The molecule has 0 unspecified atom stereocenters. The van der Waals surface area contributed by atoms with Gasteiger partial charge in [0.25, 0.3) is 0 Å². The third-order valence-electron chi connectivity index (χ3n) is 4.92. The maximum absolute atomic E-state index is 11.3. The lowest BCUT2D eigenvalue weighted by Crippen LogP contribution is -2.38. The van der Waals surface area contributed by atoms with Crippen LogP contribution in [0.2, 0.25) is 0 Å². The van der Waals surface area contributed by atoms with Gasteiger partial charge < -0.3 is 19.1 Å². The number of fused-ring (bicyclic) bond motifs is 1. The largest absolute Gasteiger partial charge is 0.400 e. The van der Waals surface area contributed by atoms with E-state index in [1.165, 1.54) is 11.1 Å². The van der Waals surface area contributed by atoms with Crippen molar-refractivity contribution in [3.63, 3.8) is 0 Å². The van der Waals surface area contributed by atoms with Crippen LogP contribution in [-0.2, 0) is 23.1 Å². The molecule has 1 aliphatic rings. The highest BCUT2D eigenvalue weighted by molar-refractivity contribution is 5.91. The van der Waals surface area contributed by atoms with Crippen LogP contribution < -0.4 is 0 Å². The van der Waals surface area contributed by atoms with Gasteiger partial charge in [0.05, 0.1) is 37.6 Å². The molecule has 2 aromatic rings. The number of nitrogens with zero attached hydrogens (tertiary/aromatic N) is 2. The number of hydrogen-bond acceptors (Lipinski definition) is 5. The molecule has 0 bridgehead atoms. The Balaban J connectivity index is 0.00000126. The van der Waals surface area contributed by atoms with E-state index in [1.54, 1.807) is 0 Å². The molecule has 0 radical (unpaired) electrons. The Labute approximate surface area is 161 Å². The van der Waals surface area contributed by atoms with Crippen LogP contribution >= 0.6 is 0 Å². The molecule has 1 aliphatic heterocycles. The summed E-state index contributed by atoms with van der Waals surface area (Å²) in [4.78, 5) is 13.6. The van der Waals surface area contributed by atoms with Crippen molar-refractivity contribution < 1.29 is 19.4 Å². The maximum Gasteiger partial charge on any atom is 0.166 e. The van der Waals surface area contributed by atoms with Crippen molar-refractivity contribution in [2.75, 3.05) is 46.6 Å². The van der Waals surface area contributed by atoms with Crippen LogP contribution in [0.15, 0.2) is 18.2 Å². The molecular formula is C21H32N2O4. The summed E-state index contributed by atoms with van der Waals surface area (Å²) >= 11 is 0. The van der Waals surface area contributed by atoms with Crippen LogP contribution in [0.3, 0.4) is 0 Å². The van der Waals surface area contributed by atoms with Crippen molar-refractivity contribution in [3.05, 3.63) is 35.0 Å². The molecule has 27 heavy (non-hydrogen) atoms. The number of hydrogen-bond donors (Lipinski definition) is 1. The van der Waals surface area contributed by atoms with E-state index in [2.05, 4.69) is 30.9 Å². The molecule has 0 atom stereocenters. The standard InChI is InChI=1S/C20H28N2O3.CH4O/c1-15(2)19-11-16(10-17-12-18(13-23)21(3)20(17)19)14-25-9-6-22-4-7-24-8-5-22;1-2/h10-13,15H,4-9,14H2,1-3H3;2H,1H3. The summed E-state index contributed by atoms with van der Waals surface area (Å²) in [5.74, 6) is 0.393. The summed E-state index contributed by atoms with van der Waals surface area (Å²) in [7, 11) is 2.95. The number of carbonyl (C=O) groups excluding carboxylic acids is 1. The predicted octanol–water partition coefficient (Wildman–Crippen LogP) is 2.57. The van der Waals surface area contributed by atoms with E-state index in [9.17, 15) is 4.79 Å². The molecule has 1 saturated heterocycles. The highest BCUT2D eigenvalue weighted by atomic mass is 16.5. The minimum atomic E-state index is 0.393. The molecule has 0 spiro atoms. The summed E-state index contributed by atoms with van der Waals surface area (Å²) in [6, 6.07) is 6.32. The molecule has 1 aromatic carbocycles. The Morgan fingerprint density at radius 2 is 1.93 bits per heavy atom. The fourth-order valence-electron chi connectivity index (χ4n) is 3.47. The van der Waals surface area contributed by atoms with Gasteiger partial charge in [0.2, 0.25) is 0 Å². The molecule has 150 valence electrons. The Morgan fingerprint density at radius 1 is 1.22 bits per heavy atom. The first-order valence-corrected chi connectivity index (χ1v) is 9.50. The van der Waals surface area contributed by atoms with E-state index in [0.29, 0.717) is 18.2 Å². The predicted molar refractivity (Wildman–Crippen MR) is 107 cm³/mol. The minimum Gasteiger partial charge on any atom is -0.400 e. The Bertz CT molecular complexity index is 733. The average Bonchev–Trinajstić information content (AvgIpc) is 3.02. The van der Waals surface area contributed by atoms with Crippen molar-refractivity contribution in [2.45, 2.75) is 26.4 Å². The molecule has 1 N–H and O–H groups in total. The molecule has 1 fully saturated rings. The lowest BCUT2D eigenvalue weighted by molar-refractivity contribution is 0.0180. The third-order valence-corrected chi connectivity index (χ3v) is 4.92. The minimum absolute atomic E-state index is 0.393. The lowest BCUT2D eigenvalue weighted by atomic mass is 9.98. The monoisotopic (exact) mass is 376 g/mol. The van der Waals surface area contributed by atoms with Gasteiger partial charge in [-0.15, -0.1) is 0 Å². The molecule has 6 heteroatoms. The van der Waals surface area contributed by atoms with Gasteiger partial charge in [0, 0.05) is 39.2 Å². The van der Waals surface area contributed by atoms with Gasteiger partial charge in [0.15, 0.2) is 6.29 Å². The maximum atomic E-state index is 11.3. The number of aliphatic hydroxyl groups excluding tert-OH is 1. The first-order valence-electron chi connectivity index (χ1n) is 9.50. The Morgan fingerprint density at radius 3 is 2.56 bits per heavy atom. The SMILES string of the molecule is CC(C)c1cc(COCCN2CCOCC2)cc2cc(C=O)n(C)c12.CO. The van der Waals surface area contributed by atoms with Gasteiger partial charge in [-0.3, -0.25) is 9.69 Å². The van der Waals surface area contributed by atoms with E-state index >= 15 is 0 Å². The van der Waals surface area contributed by atoms with Crippen LogP contribution in [0.1, 0.15) is 41.4 Å². The van der Waals surface area contributed by atoms with Crippen LogP contribution in [0.5, 0.6) is 0 Å². The topological polar surface area (TPSA) is 63.9 Å². The summed E-state index contributed by atoms with van der Waals surface area (Å²) in [5, 5.41) is 8.11. The van der Waals surface area contributed by atoms with Crippen molar-refractivity contribution >= 4 is 17.2 Å². The Hall–Kier alpha value is -1.73. The normalized spacial score (nSPS) is 15.0. The number of aliphatic hydroxyl groups is 1. The van der Waals surface area contributed by atoms with Gasteiger partial charge in [-0.1, -0.05) is 19.9 Å². The molecular weight excluding hydrogens is 344 g/mol. The van der Waals surface area contributed by atoms with Gasteiger partial charge >= 0.3 is 0 Å². The van der Waals surface area contributed by atoms with Crippen LogP contribution in [0.4, 0.5) is 0 Å². The van der Waals surface area contributed by atoms with Gasteiger partial charge in [0.1, 0.15) is 0 Å². The Kier molecular flexibility index (Phi) is 8.44. The molecule has 6 nitrogen and oxygen atoms in total. The summed E-state index contributed by atoms with van der Waals surface area (Å²) < 4.78 is 13.3. The number of morpholine rings is 1. The highest BCUT2D eigenvalue weighted by Gasteiger charge is 2.14. The lowest BCUT2D eigenvalue weighted by Gasteiger charge is -2.26. The van der Waals surface area contributed by atoms with E-state index < -0.39 is 0 Å². The van der Waals surface area contributed by atoms with Crippen molar-refractivity contribution in [1.29, 1.82) is 0 Å². The fraction of sp³-hybridized carbons (Fsp3) is 0.571.